The van der Waals surface area contributed by atoms with Crippen LogP contribution in [0.1, 0.15) is 32.6 Å². The summed E-state index contributed by atoms with van der Waals surface area (Å²) in [6.45, 7) is 1.67. The van der Waals surface area contributed by atoms with Gasteiger partial charge in [0.2, 0.25) is 10.0 Å². The summed E-state index contributed by atoms with van der Waals surface area (Å²) in [6.07, 6.45) is 4.31. The molecule has 0 aliphatic heterocycles. The lowest BCUT2D eigenvalue weighted by Gasteiger charge is -2.23. The number of hydrogen-bond acceptors (Lipinski definition) is 4. The highest BCUT2D eigenvalue weighted by molar-refractivity contribution is 7.90. The van der Waals surface area contributed by atoms with Gasteiger partial charge in [0, 0.05) is 12.6 Å². The summed E-state index contributed by atoms with van der Waals surface area (Å²) in [7, 11) is -3.55. The zero-order valence-electron chi connectivity index (χ0n) is 9.52. The summed E-state index contributed by atoms with van der Waals surface area (Å²) in [5.74, 6) is 0.325. The second-order valence-electron chi connectivity index (χ2n) is 4.32. The van der Waals surface area contributed by atoms with E-state index in [9.17, 15) is 8.42 Å². The van der Waals surface area contributed by atoms with Crippen molar-refractivity contribution in [2.45, 2.75) is 43.9 Å². The van der Waals surface area contributed by atoms with E-state index < -0.39 is 15.3 Å². The summed E-state index contributed by atoms with van der Waals surface area (Å²) in [5.41, 5.74) is 5.59. The Labute approximate surface area is 97.1 Å². The fourth-order valence-electron chi connectivity index (χ4n) is 2.08. The van der Waals surface area contributed by atoms with E-state index in [4.69, 9.17) is 11.0 Å². The normalized spacial score (nSPS) is 21.6. The fourth-order valence-corrected chi connectivity index (χ4v) is 3.13. The molecule has 92 valence electrons. The molecule has 1 rings (SSSR count). The van der Waals surface area contributed by atoms with Crippen molar-refractivity contribution in [3.05, 3.63) is 0 Å². The molecule has 5 nitrogen and oxygen atoms in total. The van der Waals surface area contributed by atoms with Crippen molar-refractivity contribution >= 4 is 10.0 Å². The third-order valence-electron chi connectivity index (χ3n) is 3.19. The zero-order valence-corrected chi connectivity index (χ0v) is 10.3. The Morgan fingerprint density at radius 3 is 2.50 bits per heavy atom. The Morgan fingerprint density at radius 1 is 1.50 bits per heavy atom. The average molecular weight is 245 g/mol. The summed E-state index contributed by atoms with van der Waals surface area (Å²) in [6, 6.07) is 1.51. The fraction of sp³-hybridized carbons (Fsp3) is 0.900. The van der Waals surface area contributed by atoms with Crippen LogP contribution in [0.3, 0.4) is 0 Å². The van der Waals surface area contributed by atoms with E-state index in [2.05, 4.69) is 4.72 Å². The Morgan fingerprint density at radius 2 is 2.06 bits per heavy atom. The second kappa shape index (κ2) is 5.62. The van der Waals surface area contributed by atoms with Crippen molar-refractivity contribution in [2.24, 2.45) is 11.7 Å². The first-order chi connectivity index (χ1) is 7.51. The van der Waals surface area contributed by atoms with Crippen LogP contribution in [-0.4, -0.2) is 26.3 Å². The number of nitrogens with two attached hydrogens (primary N) is 1. The molecular weight excluding hydrogens is 226 g/mol. The number of nitriles is 1. The first-order valence-electron chi connectivity index (χ1n) is 5.62. The molecule has 0 heterocycles. The Balaban J connectivity index is 2.66. The molecule has 3 N–H and O–H groups in total. The van der Waals surface area contributed by atoms with Crippen LogP contribution in [0.5, 0.6) is 0 Å². The molecule has 0 aromatic carbocycles. The van der Waals surface area contributed by atoms with Crippen molar-refractivity contribution < 1.29 is 8.42 Å². The van der Waals surface area contributed by atoms with Gasteiger partial charge < -0.3 is 5.73 Å². The number of nitrogens with one attached hydrogen (secondary N) is 1. The van der Waals surface area contributed by atoms with E-state index in [1.807, 2.05) is 0 Å². The molecule has 0 saturated heterocycles. The molecule has 0 aromatic heterocycles. The number of rotatable bonds is 5. The van der Waals surface area contributed by atoms with Gasteiger partial charge in [0.25, 0.3) is 0 Å². The lowest BCUT2D eigenvalue weighted by Crippen LogP contribution is -2.47. The SMILES string of the molecule is CC(C#N)S(=O)(=O)NC(CN)C1CCCC1. The largest absolute Gasteiger partial charge is 0.329 e. The quantitative estimate of drug-likeness (QED) is 0.729. The smallest absolute Gasteiger partial charge is 0.227 e. The maximum Gasteiger partial charge on any atom is 0.227 e. The highest BCUT2D eigenvalue weighted by Gasteiger charge is 2.30. The number of nitrogens with zero attached hydrogens (tertiary/aromatic N) is 1. The molecule has 0 bridgehead atoms. The van der Waals surface area contributed by atoms with Crippen LogP contribution < -0.4 is 10.5 Å². The molecule has 2 unspecified atom stereocenters. The van der Waals surface area contributed by atoms with Gasteiger partial charge in [-0.1, -0.05) is 12.8 Å². The van der Waals surface area contributed by atoms with Gasteiger partial charge in [-0.2, -0.15) is 5.26 Å². The second-order valence-corrected chi connectivity index (χ2v) is 6.35. The van der Waals surface area contributed by atoms with E-state index in [-0.39, 0.29) is 6.04 Å². The van der Waals surface area contributed by atoms with E-state index in [0.29, 0.717) is 12.5 Å². The predicted octanol–water partition coefficient (Wildman–Crippen LogP) is 0.335. The predicted molar refractivity (Wildman–Crippen MR) is 61.9 cm³/mol. The lowest BCUT2D eigenvalue weighted by molar-refractivity contribution is 0.405. The Hall–Kier alpha value is -0.640. The molecule has 1 aliphatic carbocycles. The van der Waals surface area contributed by atoms with Gasteiger partial charge in [-0.25, -0.2) is 13.1 Å². The molecular formula is C10H19N3O2S. The first kappa shape index (κ1) is 13.4. The standard InChI is InChI=1S/C10H19N3O2S/c1-8(6-11)16(14,15)13-10(7-12)9-4-2-3-5-9/h8-10,13H,2-5,7,12H2,1H3. The summed E-state index contributed by atoms with van der Waals surface area (Å²) >= 11 is 0. The minimum atomic E-state index is -3.55. The molecule has 1 aliphatic rings. The average Bonchev–Trinajstić information content (AvgIpc) is 2.78. The van der Waals surface area contributed by atoms with Crippen LogP contribution in [0.25, 0.3) is 0 Å². The van der Waals surface area contributed by atoms with E-state index in [1.165, 1.54) is 6.92 Å². The van der Waals surface area contributed by atoms with Crippen molar-refractivity contribution in [1.82, 2.24) is 4.72 Å². The monoisotopic (exact) mass is 245 g/mol. The van der Waals surface area contributed by atoms with Crippen molar-refractivity contribution in [1.29, 1.82) is 5.26 Å². The van der Waals surface area contributed by atoms with Crippen molar-refractivity contribution in [3.63, 3.8) is 0 Å². The molecule has 1 fully saturated rings. The van der Waals surface area contributed by atoms with Gasteiger partial charge in [-0.15, -0.1) is 0 Å². The maximum absolute atomic E-state index is 11.7. The van der Waals surface area contributed by atoms with Gasteiger partial charge >= 0.3 is 0 Å². The third kappa shape index (κ3) is 3.17. The highest BCUT2D eigenvalue weighted by atomic mass is 32.2. The molecule has 2 atom stereocenters. The molecule has 1 saturated carbocycles. The number of sulfonamides is 1. The maximum atomic E-state index is 11.7. The Kier molecular flexibility index (Phi) is 4.71. The molecule has 0 amide bonds. The van der Waals surface area contributed by atoms with Crippen LogP contribution >= 0.6 is 0 Å². The van der Waals surface area contributed by atoms with Crippen molar-refractivity contribution in [3.8, 4) is 6.07 Å². The molecule has 6 heteroatoms. The minimum Gasteiger partial charge on any atom is -0.329 e. The van der Waals surface area contributed by atoms with Crippen LogP contribution in [0.15, 0.2) is 0 Å². The molecule has 0 aromatic rings. The highest BCUT2D eigenvalue weighted by Crippen LogP contribution is 2.27. The third-order valence-corrected chi connectivity index (χ3v) is 4.85. The summed E-state index contributed by atoms with van der Waals surface area (Å²) < 4.78 is 26.0. The van der Waals surface area contributed by atoms with Gasteiger partial charge in [0.15, 0.2) is 5.25 Å². The van der Waals surface area contributed by atoms with Gasteiger partial charge in [0.05, 0.1) is 6.07 Å². The van der Waals surface area contributed by atoms with E-state index in [1.54, 1.807) is 6.07 Å². The molecule has 0 radical (unpaired) electrons. The van der Waals surface area contributed by atoms with Gasteiger partial charge in [0.1, 0.15) is 0 Å². The van der Waals surface area contributed by atoms with Gasteiger partial charge in [-0.05, 0) is 25.7 Å². The number of hydrogen-bond donors (Lipinski definition) is 2. The molecule has 0 spiro atoms. The summed E-state index contributed by atoms with van der Waals surface area (Å²) in [5, 5.41) is 7.60. The van der Waals surface area contributed by atoms with E-state index >= 15 is 0 Å². The minimum absolute atomic E-state index is 0.219. The zero-order chi connectivity index (χ0) is 12.2. The van der Waals surface area contributed by atoms with Crippen LogP contribution in [0.2, 0.25) is 0 Å². The lowest BCUT2D eigenvalue weighted by atomic mass is 9.99. The Bertz CT molecular complexity index is 355. The van der Waals surface area contributed by atoms with Crippen molar-refractivity contribution in [2.75, 3.05) is 6.54 Å². The first-order valence-corrected chi connectivity index (χ1v) is 7.16. The van der Waals surface area contributed by atoms with Crippen LogP contribution in [-0.2, 0) is 10.0 Å². The summed E-state index contributed by atoms with van der Waals surface area (Å²) in [4.78, 5) is 0. The van der Waals surface area contributed by atoms with Crippen LogP contribution in [0, 0.1) is 17.2 Å². The molecule has 16 heavy (non-hydrogen) atoms. The van der Waals surface area contributed by atoms with E-state index in [0.717, 1.165) is 25.7 Å². The van der Waals surface area contributed by atoms with Crippen LogP contribution in [0.4, 0.5) is 0 Å². The topological polar surface area (TPSA) is 96.0 Å². The van der Waals surface area contributed by atoms with Gasteiger partial charge in [-0.3, -0.25) is 0 Å².